The SMILES string of the molecule is CCC(C)S(=O)(=O)NC(=O)c1scnc1C. The number of carbonyl (C=O) groups excluding carboxylic acids is 1. The quantitative estimate of drug-likeness (QED) is 0.887. The lowest BCUT2D eigenvalue weighted by Gasteiger charge is -2.11. The maximum Gasteiger partial charge on any atom is 0.276 e. The highest BCUT2D eigenvalue weighted by molar-refractivity contribution is 7.90. The van der Waals surface area contributed by atoms with Gasteiger partial charge in [0.1, 0.15) is 4.88 Å². The van der Waals surface area contributed by atoms with E-state index in [9.17, 15) is 13.2 Å². The van der Waals surface area contributed by atoms with Crippen LogP contribution in [0.5, 0.6) is 0 Å². The summed E-state index contributed by atoms with van der Waals surface area (Å²) in [6.07, 6.45) is 0.463. The van der Waals surface area contributed by atoms with Gasteiger partial charge in [-0.25, -0.2) is 18.1 Å². The second kappa shape index (κ2) is 4.92. The molecule has 1 unspecified atom stereocenters. The fourth-order valence-electron chi connectivity index (χ4n) is 1.02. The Bertz CT molecular complexity index is 479. The van der Waals surface area contributed by atoms with Crippen LogP contribution in [0.15, 0.2) is 5.51 Å². The number of hydrogen-bond acceptors (Lipinski definition) is 5. The number of sulfonamides is 1. The first-order valence-electron chi connectivity index (χ1n) is 4.84. The van der Waals surface area contributed by atoms with Gasteiger partial charge in [0, 0.05) is 0 Å². The minimum absolute atomic E-state index is 0.340. The number of hydrogen-bond donors (Lipinski definition) is 1. The van der Waals surface area contributed by atoms with Gasteiger partial charge in [0.15, 0.2) is 0 Å². The molecule has 5 nitrogen and oxygen atoms in total. The fraction of sp³-hybridized carbons (Fsp3) is 0.556. The predicted octanol–water partition coefficient (Wildman–Crippen LogP) is 1.31. The Morgan fingerprint density at radius 2 is 2.25 bits per heavy atom. The lowest BCUT2D eigenvalue weighted by molar-refractivity contribution is 0.0984. The van der Waals surface area contributed by atoms with Crippen molar-refractivity contribution in [3.8, 4) is 0 Å². The molecule has 1 rings (SSSR count). The molecule has 0 aliphatic heterocycles. The lowest BCUT2D eigenvalue weighted by atomic mass is 10.4. The van der Waals surface area contributed by atoms with E-state index in [2.05, 4.69) is 9.71 Å². The first-order valence-corrected chi connectivity index (χ1v) is 7.27. The Morgan fingerprint density at radius 1 is 1.62 bits per heavy atom. The number of thiazole rings is 1. The summed E-state index contributed by atoms with van der Waals surface area (Å²) in [6, 6.07) is 0. The average molecular weight is 262 g/mol. The Hall–Kier alpha value is -0.950. The van der Waals surface area contributed by atoms with Gasteiger partial charge in [-0.05, 0) is 20.3 Å². The molecule has 0 aromatic carbocycles. The van der Waals surface area contributed by atoms with Crippen LogP contribution in [0.3, 0.4) is 0 Å². The molecule has 0 spiro atoms. The van der Waals surface area contributed by atoms with Crippen molar-refractivity contribution in [1.29, 1.82) is 0 Å². The fourth-order valence-corrected chi connectivity index (χ4v) is 2.78. The van der Waals surface area contributed by atoms with E-state index in [-0.39, 0.29) is 0 Å². The summed E-state index contributed by atoms with van der Waals surface area (Å²) < 4.78 is 25.3. The third-order valence-corrected chi connectivity index (χ3v) is 5.08. The summed E-state index contributed by atoms with van der Waals surface area (Å²) >= 11 is 1.13. The summed E-state index contributed by atoms with van der Waals surface area (Å²) in [5, 5.41) is -0.579. The summed E-state index contributed by atoms with van der Waals surface area (Å²) in [4.78, 5) is 15.9. The number of nitrogens with one attached hydrogen (secondary N) is 1. The topological polar surface area (TPSA) is 76.1 Å². The largest absolute Gasteiger partial charge is 0.276 e. The number of aryl methyl sites for hydroxylation is 1. The standard InChI is InChI=1S/C9H14N2O3S2/c1-4-6(2)16(13,14)11-9(12)8-7(3)10-5-15-8/h5-6H,4H2,1-3H3,(H,11,12). The first kappa shape index (κ1) is 13.1. The second-order valence-electron chi connectivity index (χ2n) is 3.46. The summed E-state index contributed by atoms with van der Waals surface area (Å²) in [5.74, 6) is -0.597. The number of nitrogens with zero attached hydrogens (tertiary/aromatic N) is 1. The molecular formula is C9H14N2O3S2. The van der Waals surface area contributed by atoms with E-state index in [0.717, 1.165) is 11.3 Å². The molecule has 0 saturated heterocycles. The third-order valence-electron chi connectivity index (χ3n) is 2.29. The zero-order chi connectivity index (χ0) is 12.3. The molecule has 1 atom stereocenters. The van der Waals surface area contributed by atoms with Gasteiger partial charge in [-0.1, -0.05) is 6.92 Å². The molecule has 0 radical (unpaired) electrons. The van der Waals surface area contributed by atoms with Gasteiger partial charge in [-0.3, -0.25) is 4.79 Å². The Balaban J connectivity index is 2.84. The van der Waals surface area contributed by atoms with Gasteiger partial charge < -0.3 is 0 Å². The van der Waals surface area contributed by atoms with E-state index >= 15 is 0 Å². The van der Waals surface area contributed by atoms with Crippen LogP contribution < -0.4 is 4.72 Å². The highest BCUT2D eigenvalue weighted by atomic mass is 32.2. The van der Waals surface area contributed by atoms with E-state index in [0.29, 0.717) is 17.0 Å². The van der Waals surface area contributed by atoms with Gasteiger partial charge in [0.25, 0.3) is 5.91 Å². The van der Waals surface area contributed by atoms with Crippen LogP contribution in [-0.4, -0.2) is 24.6 Å². The van der Waals surface area contributed by atoms with Gasteiger partial charge in [-0.15, -0.1) is 11.3 Å². The number of carbonyl (C=O) groups is 1. The number of aromatic nitrogens is 1. The van der Waals surface area contributed by atoms with Crippen LogP contribution in [0, 0.1) is 6.92 Å². The van der Waals surface area contributed by atoms with Crippen LogP contribution in [0.2, 0.25) is 0 Å². The van der Waals surface area contributed by atoms with E-state index in [1.54, 1.807) is 20.8 Å². The predicted molar refractivity (Wildman–Crippen MR) is 63.0 cm³/mol. The summed E-state index contributed by atoms with van der Waals surface area (Å²) in [5.41, 5.74) is 2.06. The molecule has 0 fully saturated rings. The van der Waals surface area contributed by atoms with Gasteiger partial charge in [-0.2, -0.15) is 0 Å². The highest BCUT2D eigenvalue weighted by Crippen LogP contribution is 2.13. The Labute approximate surface area is 99.0 Å². The molecule has 1 N–H and O–H groups in total. The zero-order valence-corrected chi connectivity index (χ0v) is 11.0. The maximum atomic E-state index is 11.6. The van der Waals surface area contributed by atoms with Crippen LogP contribution in [0.4, 0.5) is 0 Å². The minimum atomic E-state index is -3.57. The normalized spacial score (nSPS) is 13.4. The summed E-state index contributed by atoms with van der Waals surface area (Å²) in [7, 11) is -3.57. The van der Waals surface area contributed by atoms with Crippen molar-refractivity contribution >= 4 is 27.3 Å². The van der Waals surface area contributed by atoms with Gasteiger partial charge in [0.05, 0.1) is 16.5 Å². The van der Waals surface area contributed by atoms with Crippen LogP contribution in [-0.2, 0) is 10.0 Å². The van der Waals surface area contributed by atoms with Crippen molar-refractivity contribution in [3.63, 3.8) is 0 Å². The molecule has 0 aliphatic carbocycles. The number of rotatable bonds is 4. The third kappa shape index (κ3) is 2.79. The smallest absolute Gasteiger partial charge is 0.267 e. The number of amides is 1. The minimum Gasteiger partial charge on any atom is -0.267 e. The van der Waals surface area contributed by atoms with Crippen molar-refractivity contribution in [1.82, 2.24) is 9.71 Å². The Kier molecular flexibility index (Phi) is 4.03. The zero-order valence-electron chi connectivity index (χ0n) is 9.35. The van der Waals surface area contributed by atoms with Crippen molar-refractivity contribution < 1.29 is 13.2 Å². The highest BCUT2D eigenvalue weighted by Gasteiger charge is 2.23. The first-order chi connectivity index (χ1) is 7.38. The van der Waals surface area contributed by atoms with Crippen LogP contribution >= 0.6 is 11.3 Å². The average Bonchev–Trinajstić information content (AvgIpc) is 2.62. The van der Waals surface area contributed by atoms with E-state index in [4.69, 9.17) is 0 Å². The molecule has 1 aromatic rings. The van der Waals surface area contributed by atoms with Crippen LogP contribution in [0.25, 0.3) is 0 Å². The molecule has 1 aromatic heterocycles. The molecule has 0 aliphatic rings. The van der Waals surface area contributed by atoms with Gasteiger partial charge >= 0.3 is 0 Å². The second-order valence-corrected chi connectivity index (χ2v) is 6.42. The van der Waals surface area contributed by atoms with Crippen molar-refractivity contribution in [2.24, 2.45) is 0 Å². The molecular weight excluding hydrogens is 248 g/mol. The van der Waals surface area contributed by atoms with Gasteiger partial charge in [0.2, 0.25) is 10.0 Å². The monoisotopic (exact) mass is 262 g/mol. The maximum absolute atomic E-state index is 11.6. The Morgan fingerprint density at radius 3 is 2.69 bits per heavy atom. The molecule has 0 saturated carbocycles. The molecule has 1 heterocycles. The van der Waals surface area contributed by atoms with Crippen LogP contribution in [0.1, 0.15) is 35.6 Å². The van der Waals surface area contributed by atoms with E-state index in [1.807, 2.05) is 0 Å². The van der Waals surface area contributed by atoms with Crippen molar-refractivity contribution in [3.05, 3.63) is 16.1 Å². The van der Waals surface area contributed by atoms with E-state index in [1.165, 1.54) is 5.51 Å². The van der Waals surface area contributed by atoms with Crippen molar-refractivity contribution in [2.45, 2.75) is 32.4 Å². The molecule has 90 valence electrons. The molecule has 7 heteroatoms. The van der Waals surface area contributed by atoms with E-state index < -0.39 is 21.2 Å². The lowest BCUT2D eigenvalue weighted by Crippen LogP contribution is -2.36. The summed E-state index contributed by atoms with van der Waals surface area (Å²) in [6.45, 7) is 4.99. The van der Waals surface area contributed by atoms with Crippen molar-refractivity contribution in [2.75, 3.05) is 0 Å². The molecule has 1 amide bonds. The molecule has 16 heavy (non-hydrogen) atoms. The molecule has 0 bridgehead atoms.